The summed E-state index contributed by atoms with van der Waals surface area (Å²) >= 11 is 5.87. The Bertz CT molecular complexity index is 729. The van der Waals surface area contributed by atoms with E-state index in [2.05, 4.69) is 0 Å². The molecule has 2 aromatic carbocycles. The molecule has 0 saturated heterocycles. The number of benzene rings is 2. The van der Waals surface area contributed by atoms with Gasteiger partial charge in [0, 0.05) is 5.02 Å². The molecule has 21 heavy (non-hydrogen) atoms. The molecule has 0 saturated carbocycles. The minimum atomic E-state index is -1.37. The first-order valence-electron chi connectivity index (χ1n) is 5.84. The number of aryl methyl sites for hydroxylation is 1. The molecule has 0 unspecified atom stereocenters. The Morgan fingerprint density at radius 1 is 1.29 bits per heavy atom. The zero-order chi connectivity index (χ0) is 15.6. The summed E-state index contributed by atoms with van der Waals surface area (Å²) in [6, 6.07) is 8.58. The van der Waals surface area contributed by atoms with E-state index in [0.29, 0.717) is 10.8 Å². The van der Waals surface area contributed by atoms with Gasteiger partial charge in [0.25, 0.3) is 5.69 Å². The number of aromatic carboxylic acids is 1. The number of ether oxygens (including phenoxy) is 1. The van der Waals surface area contributed by atoms with Crippen LogP contribution in [0.5, 0.6) is 11.5 Å². The van der Waals surface area contributed by atoms with Gasteiger partial charge in [-0.2, -0.15) is 0 Å². The predicted molar refractivity (Wildman–Crippen MR) is 76.3 cm³/mol. The molecule has 2 aromatic rings. The van der Waals surface area contributed by atoms with E-state index in [1.807, 2.05) is 0 Å². The highest BCUT2D eigenvalue weighted by Crippen LogP contribution is 2.31. The summed E-state index contributed by atoms with van der Waals surface area (Å²) in [7, 11) is 0. The lowest BCUT2D eigenvalue weighted by molar-refractivity contribution is -0.385. The third-order valence-electron chi connectivity index (χ3n) is 2.77. The zero-order valence-electron chi connectivity index (χ0n) is 10.9. The van der Waals surface area contributed by atoms with Crippen molar-refractivity contribution in [2.24, 2.45) is 0 Å². The molecule has 2 rings (SSSR count). The van der Waals surface area contributed by atoms with Gasteiger partial charge >= 0.3 is 5.97 Å². The highest BCUT2D eigenvalue weighted by atomic mass is 35.5. The quantitative estimate of drug-likeness (QED) is 0.680. The fraction of sp³-hybridized carbons (Fsp3) is 0.0714. The van der Waals surface area contributed by atoms with Gasteiger partial charge in [-0.25, -0.2) is 4.79 Å². The number of halogens is 1. The van der Waals surface area contributed by atoms with Gasteiger partial charge in [0.15, 0.2) is 0 Å². The number of carbonyl (C=O) groups is 1. The van der Waals surface area contributed by atoms with Crippen LogP contribution in [-0.4, -0.2) is 16.0 Å². The highest BCUT2D eigenvalue weighted by molar-refractivity contribution is 6.30. The van der Waals surface area contributed by atoms with Crippen LogP contribution in [0.2, 0.25) is 5.02 Å². The number of rotatable bonds is 4. The number of carboxylic acids is 1. The van der Waals surface area contributed by atoms with Crippen molar-refractivity contribution in [1.29, 1.82) is 0 Å². The highest BCUT2D eigenvalue weighted by Gasteiger charge is 2.20. The Morgan fingerprint density at radius 3 is 2.62 bits per heavy atom. The van der Waals surface area contributed by atoms with Gasteiger partial charge in [-0.15, -0.1) is 0 Å². The van der Waals surface area contributed by atoms with Gasteiger partial charge in [-0.1, -0.05) is 17.7 Å². The fourth-order valence-electron chi connectivity index (χ4n) is 1.72. The Balaban J connectivity index is 2.41. The van der Waals surface area contributed by atoms with Crippen molar-refractivity contribution in [3.63, 3.8) is 0 Å². The summed E-state index contributed by atoms with van der Waals surface area (Å²) in [6.45, 7) is 1.80. The first kappa shape index (κ1) is 14.8. The molecule has 6 nitrogen and oxygen atoms in total. The van der Waals surface area contributed by atoms with Crippen molar-refractivity contribution in [2.45, 2.75) is 6.92 Å². The summed E-state index contributed by atoms with van der Waals surface area (Å²) in [5.74, 6) is -0.760. The van der Waals surface area contributed by atoms with E-state index in [-0.39, 0.29) is 5.75 Å². The average Bonchev–Trinajstić information content (AvgIpc) is 2.42. The van der Waals surface area contributed by atoms with Gasteiger partial charge in [0.1, 0.15) is 17.1 Å². The first-order valence-corrected chi connectivity index (χ1v) is 6.22. The molecule has 1 N–H and O–H groups in total. The van der Waals surface area contributed by atoms with Crippen molar-refractivity contribution in [1.82, 2.24) is 0 Å². The summed E-state index contributed by atoms with van der Waals surface area (Å²) in [5.41, 5.74) is -0.126. The summed E-state index contributed by atoms with van der Waals surface area (Å²) in [6.07, 6.45) is 0. The molecular formula is C14H10ClNO5. The second-order valence-corrected chi connectivity index (χ2v) is 4.69. The Kier molecular flexibility index (Phi) is 4.09. The summed E-state index contributed by atoms with van der Waals surface area (Å²) in [4.78, 5) is 21.1. The number of nitrogens with zero attached hydrogens (tertiary/aromatic N) is 1. The monoisotopic (exact) mass is 307 g/mol. The van der Waals surface area contributed by atoms with Crippen LogP contribution in [0.3, 0.4) is 0 Å². The zero-order valence-corrected chi connectivity index (χ0v) is 11.6. The van der Waals surface area contributed by atoms with E-state index >= 15 is 0 Å². The number of hydrogen-bond donors (Lipinski definition) is 1. The molecule has 0 radical (unpaired) electrons. The smallest absolute Gasteiger partial charge is 0.342 e. The topological polar surface area (TPSA) is 89.7 Å². The Morgan fingerprint density at radius 2 is 2.00 bits per heavy atom. The van der Waals surface area contributed by atoms with Crippen LogP contribution in [0.1, 0.15) is 15.9 Å². The molecule has 0 atom stereocenters. The minimum absolute atomic E-state index is 0.164. The molecule has 0 heterocycles. The fourth-order valence-corrected chi connectivity index (χ4v) is 1.88. The SMILES string of the molecule is Cc1ccc(Cl)cc1Oc1ccc(C(=O)O)c([N+](=O)[O-])c1. The van der Waals surface area contributed by atoms with E-state index < -0.39 is 22.1 Å². The van der Waals surface area contributed by atoms with Gasteiger partial charge < -0.3 is 9.84 Å². The molecule has 0 spiro atoms. The van der Waals surface area contributed by atoms with E-state index in [0.717, 1.165) is 17.7 Å². The van der Waals surface area contributed by atoms with Crippen molar-refractivity contribution in [3.8, 4) is 11.5 Å². The molecule has 0 bridgehead atoms. The number of nitro benzene ring substituents is 1. The lowest BCUT2D eigenvalue weighted by Crippen LogP contribution is -2.02. The average molecular weight is 308 g/mol. The molecule has 7 heteroatoms. The van der Waals surface area contributed by atoms with E-state index in [4.69, 9.17) is 21.4 Å². The molecule has 0 aromatic heterocycles. The molecular weight excluding hydrogens is 298 g/mol. The number of carboxylic acid groups (broad SMARTS) is 1. The van der Waals surface area contributed by atoms with Crippen molar-refractivity contribution in [3.05, 3.63) is 62.7 Å². The standard InChI is InChI=1S/C14H10ClNO5/c1-8-2-3-9(15)6-13(8)21-10-4-5-11(14(17)18)12(7-10)16(19)20/h2-7H,1H3,(H,17,18). The largest absolute Gasteiger partial charge is 0.477 e. The molecule has 108 valence electrons. The van der Waals surface area contributed by atoms with Crippen LogP contribution in [0.25, 0.3) is 0 Å². The van der Waals surface area contributed by atoms with Gasteiger partial charge in [0.2, 0.25) is 0 Å². The predicted octanol–water partition coefficient (Wildman–Crippen LogP) is 4.05. The molecule has 0 aliphatic rings. The number of hydrogen-bond acceptors (Lipinski definition) is 4. The molecule has 0 aliphatic carbocycles. The van der Waals surface area contributed by atoms with Crippen LogP contribution in [0.15, 0.2) is 36.4 Å². The Hall–Kier alpha value is -2.60. The normalized spacial score (nSPS) is 10.2. The van der Waals surface area contributed by atoms with Gasteiger partial charge in [-0.05, 0) is 36.8 Å². The third-order valence-corrected chi connectivity index (χ3v) is 3.01. The lowest BCUT2D eigenvalue weighted by Gasteiger charge is -2.09. The van der Waals surface area contributed by atoms with E-state index in [9.17, 15) is 14.9 Å². The second kappa shape index (κ2) is 5.80. The maximum atomic E-state index is 10.9. The summed E-state index contributed by atoms with van der Waals surface area (Å²) in [5, 5.41) is 20.3. The molecule has 0 fully saturated rings. The lowest BCUT2D eigenvalue weighted by atomic mass is 10.1. The maximum Gasteiger partial charge on any atom is 0.342 e. The van der Waals surface area contributed by atoms with Crippen LogP contribution >= 0.6 is 11.6 Å². The Labute approximate surface area is 124 Å². The van der Waals surface area contributed by atoms with Crippen LogP contribution in [0, 0.1) is 17.0 Å². The van der Waals surface area contributed by atoms with Crippen LogP contribution in [-0.2, 0) is 0 Å². The first-order chi connectivity index (χ1) is 9.88. The van der Waals surface area contributed by atoms with Gasteiger partial charge in [0.05, 0.1) is 11.0 Å². The van der Waals surface area contributed by atoms with Crippen LogP contribution in [0.4, 0.5) is 5.69 Å². The van der Waals surface area contributed by atoms with Crippen molar-refractivity contribution < 1.29 is 19.6 Å². The van der Waals surface area contributed by atoms with Crippen molar-refractivity contribution >= 4 is 23.3 Å². The minimum Gasteiger partial charge on any atom is -0.477 e. The van der Waals surface area contributed by atoms with Crippen LogP contribution < -0.4 is 4.74 Å². The maximum absolute atomic E-state index is 10.9. The van der Waals surface area contributed by atoms with Gasteiger partial charge in [-0.3, -0.25) is 10.1 Å². The molecule has 0 aliphatic heterocycles. The number of nitro groups is 1. The van der Waals surface area contributed by atoms with Crippen molar-refractivity contribution in [2.75, 3.05) is 0 Å². The third kappa shape index (κ3) is 3.29. The second-order valence-electron chi connectivity index (χ2n) is 4.25. The summed E-state index contributed by atoms with van der Waals surface area (Å²) < 4.78 is 5.53. The molecule has 0 amide bonds. The van der Waals surface area contributed by atoms with E-state index in [1.165, 1.54) is 6.07 Å². The van der Waals surface area contributed by atoms with E-state index in [1.54, 1.807) is 25.1 Å².